The molecule has 2 aromatic rings. The molecule has 0 radical (unpaired) electrons. The molecule has 2 rings (SSSR count). The smallest absolute Gasteiger partial charge is 0.282 e. The Hall–Kier alpha value is -2.48. The average Bonchev–Trinajstić information content (AvgIpc) is 2.92. The molecule has 0 aliphatic carbocycles. The van der Waals surface area contributed by atoms with E-state index in [0.717, 1.165) is 12.1 Å². The average molecular weight is 293 g/mol. The highest BCUT2D eigenvalue weighted by Crippen LogP contribution is 2.24. The van der Waals surface area contributed by atoms with Crippen LogP contribution in [-0.4, -0.2) is 20.9 Å². The lowest BCUT2D eigenvalue weighted by Gasteiger charge is -2.11. The first kappa shape index (κ1) is 13.9. The highest BCUT2D eigenvalue weighted by atomic mass is 32.1. The molecule has 0 spiro atoms. The first-order valence-corrected chi connectivity index (χ1v) is 6.54. The first-order chi connectivity index (χ1) is 9.49. The lowest BCUT2D eigenvalue weighted by molar-refractivity contribution is -0.385. The van der Waals surface area contributed by atoms with Gasteiger partial charge in [0.2, 0.25) is 0 Å². The number of nitro benzene ring substituents is 1. The Morgan fingerprint density at radius 2 is 2.30 bits per heavy atom. The van der Waals surface area contributed by atoms with Crippen LogP contribution in [0.4, 0.5) is 5.69 Å². The summed E-state index contributed by atoms with van der Waals surface area (Å²) >= 11 is 1.37. The summed E-state index contributed by atoms with van der Waals surface area (Å²) in [7, 11) is 0. The summed E-state index contributed by atoms with van der Waals surface area (Å²) in [5, 5.41) is 25.3. The zero-order valence-electron chi connectivity index (χ0n) is 10.4. The Bertz CT molecular complexity index is 642. The molecular weight excluding hydrogens is 282 g/mol. The molecule has 1 aromatic heterocycles. The van der Waals surface area contributed by atoms with Crippen molar-refractivity contribution in [1.82, 2.24) is 10.3 Å². The lowest BCUT2D eigenvalue weighted by atomic mass is 10.1. The van der Waals surface area contributed by atoms with Crippen molar-refractivity contribution in [3.8, 4) is 5.75 Å². The van der Waals surface area contributed by atoms with Crippen LogP contribution in [0, 0.1) is 10.1 Å². The number of benzene rings is 1. The van der Waals surface area contributed by atoms with Crippen LogP contribution in [0.2, 0.25) is 0 Å². The predicted octanol–water partition coefficient (Wildman–Crippen LogP) is 2.25. The van der Waals surface area contributed by atoms with E-state index in [4.69, 9.17) is 0 Å². The molecule has 7 nitrogen and oxygen atoms in total. The number of nitrogens with zero attached hydrogens (tertiary/aromatic N) is 2. The van der Waals surface area contributed by atoms with Crippen LogP contribution in [0.15, 0.2) is 29.8 Å². The third-order valence-electron chi connectivity index (χ3n) is 2.59. The van der Waals surface area contributed by atoms with Gasteiger partial charge in [0.25, 0.3) is 11.6 Å². The number of phenols is 1. The van der Waals surface area contributed by atoms with Gasteiger partial charge < -0.3 is 10.4 Å². The van der Waals surface area contributed by atoms with E-state index in [1.54, 1.807) is 18.5 Å². The second kappa shape index (κ2) is 5.66. The van der Waals surface area contributed by atoms with Gasteiger partial charge in [0.15, 0.2) is 0 Å². The minimum Gasteiger partial charge on any atom is -0.508 e. The van der Waals surface area contributed by atoms with Gasteiger partial charge in [-0.15, -0.1) is 11.3 Å². The fraction of sp³-hybridized carbons (Fsp3) is 0.167. The van der Waals surface area contributed by atoms with Crippen molar-refractivity contribution >= 4 is 22.9 Å². The number of carbonyl (C=O) groups excluding carboxylic acids is 1. The fourth-order valence-corrected chi connectivity index (χ4v) is 2.30. The molecule has 1 amide bonds. The molecule has 1 atom stereocenters. The third-order valence-corrected chi connectivity index (χ3v) is 3.55. The maximum absolute atomic E-state index is 12.1. The van der Waals surface area contributed by atoms with Crippen molar-refractivity contribution in [3.63, 3.8) is 0 Å². The van der Waals surface area contributed by atoms with Crippen molar-refractivity contribution in [2.24, 2.45) is 0 Å². The van der Waals surface area contributed by atoms with E-state index < -0.39 is 10.8 Å². The molecule has 0 bridgehead atoms. The molecule has 20 heavy (non-hydrogen) atoms. The molecule has 1 unspecified atom stereocenters. The normalized spacial score (nSPS) is 11.8. The van der Waals surface area contributed by atoms with E-state index in [9.17, 15) is 20.0 Å². The number of nitrogens with one attached hydrogen (secondary N) is 1. The second-order valence-corrected chi connectivity index (χ2v) is 4.95. The molecule has 1 aromatic carbocycles. The van der Waals surface area contributed by atoms with E-state index in [1.165, 1.54) is 17.4 Å². The van der Waals surface area contributed by atoms with Gasteiger partial charge in [-0.25, -0.2) is 4.98 Å². The second-order valence-electron chi connectivity index (χ2n) is 4.02. The Morgan fingerprint density at radius 3 is 2.90 bits per heavy atom. The molecule has 0 saturated heterocycles. The van der Waals surface area contributed by atoms with Crippen molar-refractivity contribution in [3.05, 3.63) is 50.5 Å². The summed E-state index contributed by atoms with van der Waals surface area (Å²) in [6.07, 6.45) is 1.61. The molecule has 8 heteroatoms. The number of rotatable bonds is 4. The number of hydrogen-bond donors (Lipinski definition) is 2. The number of nitro groups is 1. The van der Waals surface area contributed by atoms with Crippen molar-refractivity contribution in [2.75, 3.05) is 0 Å². The molecule has 0 aliphatic heterocycles. The van der Waals surface area contributed by atoms with Gasteiger partial charge in [-0.1, -0.05) is 0 Å². The van der Waals surface area contributed by atoms with Crippen molar-refractivity contribution < 1.29 is 14.8 Å². The SMILES string of the molecule is CC(NC(=O)c1cc(O)ccc1[N+](=O)[O-])c1nccs1. The third kappa shape index (κ3) is 2.91. The Labute approximate surface area is 118 Å². The summed E-state index contributed by atoms with van der Waals surface area (Å²) in [6, 6.07) is 2.96. The Morgan fingerprint density at radius 1 is 1.55 bits per heavy atom. The molecule has 2 N–H and O–H groups in total. The van der Waals surface area contributed by atoms with Gasteiger partial charge in [-0.05, 0) is 19.1 Å². The Kier molecular flexibility index (Phi) is 3.94. The minimum absolute atomic E-state index is 0.182. The summed E-state index contributed by atoms with van der Waals surface area (Å²) in [4.78, 5) is 26.4. The number of aromatic hydroxyl groups is 1. The van der Waals surface area contributed by atoms with E-state index in [1.807, 2.05) is 0 Å². The van der Waals surface area contributed by atoms with Crippen LogP contribution in [0.3, 0.4) is 0 Å². The largest absolute Gasteiger partial charge is 0.508 e. The highest BCUT2D eigenvalue weighted by Gasteiger charge is 2.22. The van der Waals surface area contributed by atoms with Gasteiger partial charge in [-0.3, -0.25) is 14.9 Å². The van der Waals surface area contributed by atoms with Gasteiger partial charge in [-0.2, -0.15) is 0 Å². The molecule has 104 valence electrons. The monoisotopic (exact) mass is 293 g/mol. The van der Waals surface area contributed by atoms with Crippen LogP contribution in [0.25, 0.3) is 0 Å². The Balaban J connectivity index is 2.25. The molecule has 0 aliphatic rings. The molecule has 0 fully saturated rings. The molecule has 0 saturated carbocycles. The quantitative estimate of drug-likeness (QED) is 0.664. The van der Waals surface area contributed by atoms with Crippen LogP contribution in [0.1, 0.15) is 28.3 Å². The van der Waals surface area contributed by atoms with Crippen LogP contribution < -0.4 is 5.32 Å². The summed E-state index contributed by atoms with van der Waals surface area (Å²) in [5.41, 5.74) is -0.537. The number of phenolic OH excluding ortho intramolecular Hbond substituents is 1. The van der Waals surface area contributed by atoms with Gasteiger partial charge >= 0.3 is 0 Å². The lowest BCUT2D eigenvalue weighted by Crippen LogP contribution is -2.27. The first-order valence-electron chi connectivity index (χ1n) is 5.66. The van der Waals surface area contributed by atoms with Crippen LogP contribution in [0.5, 0.6) is 5.75 Å². The number of thiazole rings is 1. The maximum atomic E-state index is 12.1. The number of carbonyl (C=O) groups is 1. The van der Waals surface area contributed by atoms with E-state index in [-0.39, 0.29) is 23.0 Å². The number of aromatic nitrogens is 1. The zero-order chi connectivity index (χ0) is 14.7. The number of amides is 1. The summed E-state index contributed by atoms with van der Waals surface area (Å²) in [5.74, 6) is -0.835. The fourth-order valence-electron chi connectivity index (χ4n) is 1.65. The van der Waals surface area contributed by atoms with Gasteiger partial charge in [0, 0.05) is 17.6 Å². The van der Waals surface area contributed by atoms with Gasteiger partial charge in [0.1, 0.15) is 16.3 Å². The summed E-state index contributed by atoms with van der Waals surface area (Å²) < 4.78 is 0. The summed E-state index contributed by atoms with van der Waals surface area (Å²) in [6.45, 7) is 1.73. The zero-order valence-corrected chi connectivity index (χ0v) is 11.3. The van der Waals surface area contributed by atoms with Crippen LogP contribution in [-0.2, 0) is 0 Å². The minimum atomic E-state index is -0.664. The predicted molar refractivity (Wildman–Crippen MR) is 72.8 cm³/mol. The van der Waals surface area contributed by atoms with Crippen molar-refractivity contribution in [2.45, 2.75) is 13.0 Å². The standard InChI is InChI=1S/C12H11N3O4S/c1-7(12-13-4-5-20-12)14-11(17)9-6-8(16)2-3-10(9)15(18)19/h2-7,16H,1H3,(H,14,17). The molecular formula is C12H11N3O4S. The van der Waals surface area contributed by atoms with Crippen LogP contribution >= 0.6 is 11.3 Å². The maximum Gasteiger partial charge on any atom is 0.282 e. The van der Waals surface area contributed by atoms with Gasteiger partial charge in [0.05, 0.1) is 11.0 Å². The highest BCUT2D eigenvalue weighted by molar-refractivity contribution is 7.09. The topological polar surface area (TPSA) is 105 Å². The van der Waals surface area contributed by atoms with E-state index in [0.29, 0.717) is 5.01 Å². The molecule has 1 heterocycles. The van der Waals surface area contributed by atoms with E-state index in [2.05, 4.69) is 10.3 Å². The van der Waals surface area contributed by atoms with E-state index >= 15 is 0 Å². The number of hydrogen-bond acceptors (Lipinski definition) is 6. The van der Waals surface area contributed by atoms with Crippen molar-refractivity contribution in [1.29, 1.82) is 0 Å².